The largest absolute Gasteiger partial charge is 0.478 e. The lowest BCUT2D eigenvalue weighted by Gasteiger charge is -2.10. The van der Waals surface area contributed by atoms with Gasteiger partial charge in [0.2, 0.25) is 0 Å². The molecule has 2 aromatic rings. The first-order chi connectivity index (χ1) is 9.51. The molecule has 1 aromatic carbocycles. The van der Waals surface area contributed by atoms with Crippen LogP contribution in [-0.2, 0) is 20.0 Å². The lowest BCUT2D eigenvalue weighted by molar-refractivity contribution is 0.0698. The Balaban J connectivity index is 2.22. The highest BCUT2D eigenvalue weighted by Gasteiger charge is 2.11. The average Bonchev–Trinajstić information content (AvgIpc) is 2.76. The fourth-order valence-electron chi connectivity index (χ4n) is 2.21. The summed E-state index contributed by atoms with van der Waals surface area (Å²) < 4.78 is 1.78. The predicted octanol–water partition coefficient (Wildman–Crippen LogP) is 2.60. The number of carboxylic acid groups (broad SMARTS) is 1. The van der Waals surface area contributed by atoms with Crippen LogP contribution in [0.3, 0.4) is 0 Å². The Morgan fingerprint density at radius 2 is 2.20 bits per heavy atom. The molecule has 0 aliphatic heterocycles. The molecular weight excluding hydrogens is 254 g/mol. The van der Waals surface area contributed by atoms with Gasteiger partial charge in [0, 0.05) is 31.0 Å². The highest BCUT2D eigenvalue weighted by molar-refractivity contribution is 5.94. The Morgan fingerprint density at radius 1 is 1.45 bits per heavy atom. The van der Waals surface area contributed by atoms with Crippen molar-refractivity contribution in [1.82, 2.24) is 9.78 Å². The number of carboxylic acids is 1. The maximum absolute atomic E-state index is 11.2. The molecule has 5 heteroatoms. The van der Waals surface area contributed by atoms with E-state index in [1.54, 1.807) is 16.8 Å². The van der Waals surface area contributed by atoms with E-state index in [1.807, 2.05) is 26.2 Å². The third kappa shape index (κ3) is 2.99. The van der Waals surface area contributed by atoms with E-state index in [9.17, 15) is 9.90 Å². The van der Waals surface area contributed by atoms with Crippen LogP contribution in [0.2, 0.25) is 0 Å². The summed E-state index contributed by atoms with van der Waals surface area (Å²) in [6.45, 7) is 4.57. The zero-order valence-corrected chi connectivity index (χ0v) is 12.0. The van der Waals surface area contributed by atoms with Crippen LogP contribution in [0.5, 0.6) is 0 Å². The molecule has 2 rings (SSSR count). The standard InChI is InChI=1S/C15H19N3O2/c1-4-13-11(9-18(3)17-13)8-16-14-7-10(2)5-6-12(14)15(19)20/h5-7,9,16H,4,8H2,1-3H3,(H,19,20). The van der Waals surface area contributed by atoms with Crippen LogP contribution >= 0.6 is 0 Å². The van der Waals surface area contributed by atoms with Crippen molar-refractivity contribution in [2.24, 2.45) is 7.05 Å². The van der Waals surface area contributed by atoms with Crippen LogP contribution in [-0.4, -0.2) is 20.9 Å². The number of aromatic carboxylic acids is 1. The first-order valence-electron chi connectivity index (χ1n) is 6.60. The summed E-state index contributed by atoms with van der Waals surface area (Å²) in [5.74, 6) is -0.922. The fraction of sp³-hybridized carbons (Fsp3) is 0.333. The Labute approximate surface area is 118 Å². The van der Waals surface area contributed by atoms with Gasteiger partial charge in [-0.3, -0.25) is 4.68 Å². The van der Waals surface area contributed by atoms with Gasteiger partial charge < -0.3 is 10.4 Å². The number of benzene rings is 1. The quantitative estimate of drug-likeness (QED) is 0.878. The van der Waals surface area contributed by atoms with Crippen molar-refractivity contribution in [3.05, 3.63) is 46.8 Å². The minimum Gasteiger partial charge on any atom is -0.478 e. The number of aryl methyl sites for hydroxylation is 3. The van der Waals surface area contributed by atoms with Gasteiger partial charge in [0.1, 0.15) is 0 Å². The van der Waals surface area contributed by atoms with Gasteiger partial charge in [-0.05, 0) is 31.0 Å². The molecule has 0 saturated heterocycles. The summed E-state index contributed by atoms with van der Waals surface area (Å²) >= 11 is 0. The zero-order chi connectivity index (χ0) is 14.7. The first kappa shape index (κ1) is 14.1. The van der Waals surface area contributed by atoms with Crippen molar-refractivity contribution in [3.63, 3.8) is 0 Å². The van der Waals surface area contributed by atoms with E-state index in [0.29, 0.717) is 12.2 Å². The second-order valence-electron chi connectivity index (χ2n) is 4.84. The van der Waals surface area contributed by atoms with E-state index < -0.39 is 5.97 Å². The van der Waals surface area contributed by atoms with Crippen LogP contribution in [0.4, 0.5) is 5.69 Å². The number of hydrogen-bond donors (Lipinski definition) is 2. The van der Waals surface area contributed by atoms with E-state index in [-0.39, 0.29) is 5.56 Å². The van der Waals surface area contributed by atoms with Crippen molar-refractivity contribution in [3.8, 4) is 0 Å². The van der Waals surface area contributed by atoms with Gasteiger partial charge in [0.05, 0.1) is 11.3 Å². The molecule has 5 nitrogen and oxygen atoms in total. The SMILES string of the molecule is CCc1nn(C)cc1CNc1cc(C)ccc1C(=O)O. The summed E-state index contributed by atoms with van der Waals surface area (Å²) in [6.07, 6.45) is 2.82. The molecule has 0 bridgehead atoms. The Kier molecular flexibility index (Phi) is 4.08. The van der Waals surface area contributed by atoms with E-state index in [0.717, 1.165) is 23.2 Å². The maximum Gasteiger partial charge on any atom is 0.337 e. The van der Waals surface area contributed by atoms with Crippen LogP contribution in [0.1, 0.15) is 34.1 Å². The molecule has 0 saturated carbocycles. The lowest BCUT2D eigenvalue weighted by atomic mass is 10.1. The van der Waals surface area contributed by atoms with Gasteiger partial charge in [0.15, 0.2) is 0 Å². The Hall–Kier alpha value is -2.30. The third-order valence-electron chi connectivity index (χ3n) is 3.20. The summed E-state index contributed by atoms with van der Waals surface area (Å²) in [4.78, 5) is 11.2. The number of rotatable bonds is 5. The van der Waals surface area contributed by atoms with Crippen LogP contribution in [0.25, 0.3) is 0 Å². The topological polar surface area (TPSA) is 67.2 Å². The van der Waals surface area contributed by atoms with Gasteiger partial charge >= 0.3 is 5.97 Å². The number of nitrogens with zero attached hydrogens (tertiary/aromatic N) is 2. The number of aromatic nitrogens is 2. The monoisotopic (exact) mass is 273 g/mol. The molecule has 1 aromatic heterocycles. The molecule has 0 atom stereocenters. The average molecular weight is 273 g/mol. The molecule has 106 valence electrons. The van der Waals surface area contributed by atoms with Gasteiger partial charge in [0.25, 0.3) is 0 Å². The molecule has 1 heterocycles. The fourth-order valence-corrected chi connectivity index (χ4v) is 2.21. The highest BCUT2D eigenvalue weighted by atomic mass is 16.4. The molecule has 0 fully saturated rings. The minimum atomic E-state index is -0.922. The zero-order valence-electron chi connectivity index (χ0n) is 12.0. The second kappa shape index (κ2) is 5.77. The Morgan fingerprint density at radius 3 is 2.85 bits per heavy atom. The van der Waals surface area contributed by atoms with Crippen molar-refractivity contribution in [1.29, 1.82) is 0 Å². The maximum atomic E-state index is 11.2. The number of nitrogens with one attached hydrogen (secondary N) is 1. The molecule has 2 N–H and O–H groups in total. The van der Waals surface area contributed by atoms with Crippen molar-refractivity contribution < 1.29 is 9.90 Å². The van der Waals surface area contributed by atoms with Crippen molar-refractivity contribution in [2.75, 3.05) is 5.32 Å². The Bertz CT molecular complexity index is 632. The lowest BCUT2D eigenvalue weighted by Crippen LogP contribution is -2.07. The molecule has 0 unspecified atom stereocenters. The summed E-state index contributed by atoms with van der Waals surface area (Å²) in [6, 6.07) is 5.28. The van der Waals surface area contributed by atoms with E-state index in [2.05, 4.69) is 17.3 Å². The summed E-state index contributed by atoms with van der Waals surface area (Å²) in [5.41, 5.74) is 4.08. The van der Waals surface area contributed by atoms with Gasteiger partial charge in [-0.1, -0.05) is 13.0 Å². The van der Waals surface area contributed by atoms with Gasteiger partial charge in [-0.25, -0.2) is 4.79 Å². The van der Waals surface area contributed by atoms with Gasteiger partial charge in [-0.2, -0.15) is 5.10 Å². The van der Waals surface area contributed by atoms with Crippen LogP contribution in [0, 0.1) is 6.92 Å². The predicted molar refractivity (Wildman–Crippen MR) is 78.1 cm³/mol. The smallest absolute Gasteiger partial charge is 0.337 e. The van der Waals surface area contributed by atoms with Crippen LogP contribution < -0.4 is 5.32 Å². The van der Waals surface area contributed by atoms with Crippen molar-refractivity contribution in [2.45, 2.75) is 26.8 Å². The minimum absolute atomic E-state index is 0.289. The number of hydrogen-bond acceptors (Lipinski definition) is 3. The third-order valence-corrected chi connectivity index (χ3v) is 3.20. The molecule has 0 amide bonds. The summed E-state index contributed by atoms with van der Waals surface area (Å²) in [7, 11) is 1.89. The van der Waals surface area contributed by atoms with Crippen LogP contribution in [0.15, 0.2) is 24.4 Å². The first-order valence-corrected chi connectivity index (χ1v) is 6.60. The molecule has 0 aliphatic carbocycles. The van der Waals surface area contributed by atoms with E-state index in [1.165, 1.54) is 0 Å². The van der Waals surface area contributed by atoms with Crippen molar-refractivity contribution >= 4 is 11.7 Å². The summed E-state index contributed by atoms with van der Waals surface area (Å²) in [5, 5.41) is 16.8. The van der Waals surface area contributed by atoms with E-state index in [4.69, 9.17) is 0 Å². The molecule has 20 heavy (non-hydrogen) atoms. The number of anilines is 1. The van der Waals surface area contributed by atoms with Gasteiger partial charge in [-0.15, -0.1) is 0 Å². The van der Waals surface area contributed by atoms with E-state index >= 15 is 0 Å². The molecule has 0 aliphatic rings. The normalized spacial score (nSPS) is 10.6. The molecular formula is C15H19N3O2. The highest BCUT2D eigenvalue weighted by Crippen LogP contribution is 2.19. The molecule has 0 spiro atoms. The number of carbonyl (C=O) groups is 1. The second-order valence-corrected chi connectivity index (χ2v) is 4.84. The molecule has 0 radical (unpaired) electrons.